The SMILES string of the molecule is C=CC(C)(O)CC(O)C=C(C)CCC=C(C)CCC(O)C(C)(C)O. The van der Waals surface area contributed by atoms with E-state index in [-0.39, 0.29) is 6.42 Å². The summed E-state index contributed by atoms with van der Waals surface area (Å²) in [6.45, 7) is 12.4. The van der Waals surface area contributed by atoms with Crippen LogP contribution in [-0.4, -0.2) is 43.8 Å². The molecule has 0 radical (unpaired) electrons. The van der Waals surface area contributed by atoms with Gasteiger partial charge in [-0.2, -0.15) is 0 Å². The maximum absolute atomic E-state index is 9.97. The Hall–Kier alpha value is -0.940. The third-order valence-corrected chi connectivity index (χ3v) is 4.20. The zero-order valence-corrected chi connectivity index (χ0v) is 15.9. The summed E-state index contributed by atoms with van der Waals surface area (Å²) in [7, 11) is 0. The van der Waals surface area contributed by atoms with E-state index in [1.807, 2.05) is 13.8 Å². The summed E-state index contributed by atoms with van der Waals surface area (Å²) in [5.41, 5.74) is 0.125. The Balaban J connectivity index is 4.28. The van der Waals surface area contributed by atoms with Crippen LogP contribution >= 0.6 is 0 Å². The van der Waals surface area contributed by atoms with Crippen molar-refractivity contribution in [3.8, 4) is 0 Å². The Kier molecular flexibility index (Phi) is 9.74. The maximum Gasteiger partial charge on any atom is 0.0849 e. The number of allylic oxidation sites excluding steroid dienone is 3. The second kappa shape index (κ2) is 10.1. The fourth-order valence-corrected chi connectivity index (χ4v) is 2.34. The van der Waals surface area contributed by atoms with Gasteiger partial charge < -0.3 is 20.4 Å². The molecule has 0 aromatic carbocycles. The van der Waals surface area contributed by atoms with E-state index in [9.17, 15) is 20.4 Å². The number of aliphatic hydroxyl groups is 4. The Bertz CT molecular complexity index is 441. The zero-order valence-electron chi connectivity index (χ0n) is 15.9. The predicted molar refractivity (Wildman–Crippen MR) is 99.7 cm³/mol. The molecule has 24 heavy (non-hydrogen) atoms. The number of hydrogen-bond acceptors (Lipinski definition) is 4. The Morgan fingerprint density at radius 2 is 1.62 bits per heavy atom. The molecule has 0 aliphatic carbocycles. The van der Waals surface area contributed by atoms with Gasteiger partial charge in [0.05, 0.1) is 23.4 Å². The number of rotatable bonds is 11. The molecular weight excluding hydrogens is 304 g/mol. The molecule has 0 bridgehead atoms. The van der Waals surface area contributed by atoms with E-state index < -0.39 is 23.4 Å². The highest BCUT2D eigenvalue weighted by molar-refractivity contribution is 5.07. The van der Waals surface area contributed by atoms with Crippen LogP contribution in [0.4, 0.5) is 0 Å². The largest absolute Gasteiger partial charge is 0.390 e. The van der Waals surface area contributed by atoms with Crippen molar-refractivity contribution in [3.05, 3.63) is 36.0 Å². The van der Waals surface area contributed by atoms with Gasteiger partial charge in [-0.25, -0.2) is 0 Å². The van der Waals surface area contributed by atoms with E-state index in [0.717, 1.165) is 24.8 Å². The first-order valence-electron chi connectivity index (χ1n) is 8.65. The van der Waals surface area contributed by atoms with Gasteiger partial charge >= 0.3 is 0 Å². The van der Waals surface area contributed by atoms with Crippen molar-refractivity contribution in [2.24, 2.45) is 0 Å². The van der Waals surface area contributed by atoms with Gasteiger partial charge in [0.2, 0.25) is 0 Å². The Labute approximate surface area is 147 Å². The standard InChI is InChI=1S/C20H36O4/c1-7-20(6,24)14-17(21)13-16(3)10-8-9-15(2)11-12-18(22)19(4,5)23/h7,9,13,17-18,21-24H,1,8,10-12,14H2,2-6H3. The van der Waals surface area contributed by atoms with Crippen LogP contribution in [0.3, 0.4) is 0 Å². The molecule has 140 valence electrons. The third-order valence-electron chi connectivity index (χ3n) is 4.20. The fourth-order valence-electron chi connectivity index (χ4n) is 2.34. The third kappa shape index (κ3) is 10.8. The zero-order chi connectivity index (χ0) is 19.0. The number of aliphatic hydroxyl groups excluding tert-OH is 2. The summed E-state index contributed by atoms with van der Waals surface area (Å²) < 4.78 is 0. The topological polar surface area (TPSA) is 80.9 Å². The lowest BCUT2D eigenvalue weighted by Crippen LogP contribution is -2.35. The minimum absolute atomic E-state index is 0.234. The lowest BCUT2D eigenvalue weighted by molar-refractivity contribution is -0.0509. The van der Waals surface area contributed by atoms with Crippen molar-refractivity contribution in [1.29, 1.82) is 0 Å². The summed E-state index contributed by atoms with van der Waals surface area (Å²) in [5.74, 6) is 0. The lowest BCUT2D eigenvalue weighted by atomic mass is 9.95. The molecule has 0 spiro atoms. The molecule has 4 N–H and O–H groups in total. The molecule has 3 unspecified atom stereocenters. The molecule has 0 aromatic heterocycles. The average molecular weight is 341 g/mol. The summed E-state index contributed by atoms with van der Waals surface area (Å²) in [4.78, 5) is 0. The molecule has 0 saturated heterocycles. The van der Waals surface area contributed by atoms with E-state index >= 15 is 0 Å². The highest BCUT2D eigenvalue weighted by Gasteiger charge is 2.23. The average Bonchev–Trinajstić information content (AvgIpc) is 2.42. The van der Waals surface area contributed by atoms with Gasteiger partial charge in [-0.15, -0.1) is 6.58 Å². The van der Waals surface area contributed by atoms with E-state index in [4.69, 9.17) is 0 Å². The molecule has 0 heterocycles. The quantitative estimate of drug-likeness (QED) is 0.435. The van der Waals surface area contributed by atoms with Gasteiger partial charge in [0.1, 0.15) is 0 Å². The van der Waals surface area contributed by atoms with Crippen molar-refractivity contribution >= 4 is 0 Å². The van der Waals surface area contributed by atoms with Crippen molar-refractivity contribution in [1.82, 2.24) is 0 Å². The van der Waals surface area contributed by atoms with Gasteiger partial charge in [-0.1, -0.05) is 29.4 Å². The first-order chi connectivity index (χ1) is 10.9. The van der Waals surface area contributed by atoms with Crippen LogP contribution in [0.15, 0.2) is 36.0 Å². The van der Waals surface area contributed by atoms with Crippen LogP contribution in [-0.2, 0) is 0 Å². The normalized spacial score (nSPS) is 18.9. The van der Waals surface area contributed by atoms with Crippen LogP contribution in [0.1, 0.15) is 66.7 Å². The van der Waals surface area contributed by atoms with E-state index in [1.54, 1.807) is 26.8 Å². The summed E-state index contributed by atoms with van der Waals surface area (Å²) >= 11 is 0. The second-order valence-electron chi connectivity index (χ2n) is 7.64. The van der Waals surface area contributed by atoms with Crippen LogP contribution < -0.4 is 0 Å². The first-order valence-corrected chi connectivity index (χ1v) is 8.65. The predicted octanol–water partition coefficient (Wildman–Crippen LogP) is 3.26. The minimum Gasteiger partial charge on any atom is -0.390 e. The molecule has 0 fully saturated rings. The van der Waals surface area contributed by atoms with Gasteiger partial charge in [-0.3, -0.25) is 0 Å². The van der Waals surface area contributed by atoms with Gasteiger partial charge in [-0.05, 0) is 60.3 Å². The molecule has 0 aliphatic heterocycles. The van der Waals surface area contributed by atoms with Crippen molar-refractivity contribution < 1.29 is 20.4 Å². The van der Waals surface area contributed by atoms with E-state index in [1.165, 1.54) is 11.6 Å². The molecular formula is C20H36O4. The summed E-state index contributed by atoms with van der Waals surface area (Å²) in [5, 5.41) is 39.4. The van der Waals surface area contributed by atoms with Gasteiger partial charge in [0.25, 0.3) is 0 Å². The molecule has 4 nitrogen and oxygen atoms in total. The van der Waals surface area contributed by atoms with Crippen LogP contribution in [0.25, 0.3) is 0 Å². The minimum atomic E-state index is -1.07. The maximum atomic E-state index is 9.97. The van der Waals surface area contributed by atoms with Gasteiger partial charge in [0.15, 0.2) is 0 Å². The monoisotopic (exact) mass is 340 g/mol. The smallest absolute Gasteiger partial charge is 0.0849 e. The summed E-state index contributed by atoms with van der Waals surface area (Å²) in [6, 6.07) is 0. The van der Waals surface area contributed by atoms with Crippen LogP contribution in [0.5, 0.6) is 0 Å². The molecule has 4 heteroatoms. The highest BCUT2D eigenvalue weighted by Crippen LogP contribution is 2.19. The fraction of sp³-hybridized carbons (Fsp3) is 0.700. The van der Waals surface area contributed by atoms with E-state index in [0.29, 0.717) is 6.42 Å². The highest BCUT2D eigenvalue weighted by atomic mass is 16.3. The Morgan fingerprint density at radius 1 is 1.04 bits per heavy atom. The lowest BCUT2D eigenvalue weighted by Gasteiger charge is -2.24. The Morgan fingerprint density at radius 3 is 2.12 bits per heavy atom. The van der Waals surface area contributed by atoms with Crippen LogP contribution in [0, 0.1) is 0 Å². The van der Waals surface area contributed by atoms with Crippen LogP contribution in [0.2, 0.25) is 0 Å². The molecule has 0 amide bonds. The first kappa shape index (κ1) is 23.1. The summed E-state index contributed by atoms with van der Waals surface area (Å²) in [6.07, 6.45) is 7.13. The molecule has 0 saturated carbocycles. The van der Waals surface area contributed by atoms with Crippen molar-refractivity contribution in [2.75, 3.05) is 0 Å². The molecule has 3 atom stereocenters. The van der Waals surface area contributed by atoms with Crippen molar-refractivity contribution in [2.45, 2.75) is 90.1 Å². The van der Waals surface area contributed by atoms with E-state index in [2.05, 4.69) is 12.7 Å². The van der Waals surface area contributed by atoms with Crippen molar-refractivity contribution in [3.63, 3.8) is 0 Å². The molecule has 0 aromatic rings. The number of hydrogen-bond donors (Lipinski definition) is 4. The van der Waals surface area contributed by atoms with Gasteiger partial charge in [0, 0.05) is 6.42 Å². The second-order valence-corrected chi connectivity index (χ2v) is 7.64. The molecule has 0 aliphatic rings. The molecule has 0 rings (SSSR count).